The quantitative estimate of drug-likeness (QED) is 0.122. The van der Waals surface area contributed by atoms with E-state index in [0.29, 0.717) is 11.3 Å². The zero-order chi connectivity index (χ0) is 26.5. The first-order valence-corrected chi connectivity index (χ1v) is 12.6. The lowest BCUT2D eigenvalue weighted by molar-refractivity contribution is -0.142. The first-order valence-electron chi connectivity index (χ1n) is 10.5. The monoisotopic (exact) mass is 529 g/mol. The van der Waals surface area contributed by atoms with Crippen molar-refractivity contribution in [1.82, 2.24) is 16.0 Å². The lowest BCUT2D eigenvalue weighted by atomic mass is 10.0. The molecule has 194 valence electrons. The summed E-state index contributed by atoms with van der Waals surface area (Å²) in [5.41, 5.74) is 11.8. The number of phenolic OH excluding ortho intramolecular Hbond substituents is 1. The van der Waals surface area contributed by atoms with Crippen LogP contribution in [0.25, 0.3) is 0 Å². The molecular weight excluding hydrogens is 498 g/mol. The van der Waals surface area contributed by atoms with Crippen LogP contribution in [0.2, 0.25) is 0 Å². The van der Waals surface area contributed by atoms with Crippen molar-refractivity contribution in [3.63, 3.8) is 0 Å². The number of thiol groups is 1. The predicted octanol–water partition coefficient (Wildman–Crippen LogP) is -1.64. The minimum atomic E-state index is -1.42. The molecule has 0 radical (unpaired) electrons. The van der Waals surface area contributed by atoms with E-state index in [1.807, 2.05) is 0 Å². The van der Waals surface area contributed by atoms with Gasteiger partial charge in [-0.2, -0.15) is 24.4 Å². The van der Waals surface area contributed by atoms with E-state index in [-0.39, 0.29) is 24.3 Å². The molecule has 14 heteroatoms. The van der Waals surface area contributed by atoms with Crippen LogP contribution in [0, 0.1) is 0 Å². The van der Waals surface area contributed by atoms with E-state index in [1.54, 1.807) is 18.4 Å². The predicted molar refractivity (Wildman–Crippen MR) is 134 cm³/mol. The molecule has 0 fully saturated rings. The summed E-state index contributed by atoms with van der Waals surface area (Å²) in [6.45, 7) is 0. The Kier molecular flexibility index (Phi) is 13.0. The van der Waals surface area contributed by atoms with E-state index in [9.17, 15) is 34.2 Å². The van der Waals surface area contributed by atoms with Crippen molar-refractivity contribution in [3.05, 3.63) is 29.8 Å². The first-order chi connectivity index (χ1) is 16.5. The number of phenols is 1. The number of carbonyl (C=O) groups excluding carboxylic acids is 4. The maximum atomic E-state index is 12.8. The molecule has 0 aliphatic carbocycles. The third kappa shape index (κ3) is 10.9. The van der Waals surface area contributed by atoms with Gasteiger partial charge < -0.3 is 37.6 Å². The number of carboxylic acids is 1. The van der Waals surface area contributed by atoms with Gasteiger partial charge in [-0.15, -0.1) is 0 Å². The summed E-state index contributed by atoms with van der Waals surface area (Å²) < 4.78 is 0. The van der Waals surface area contributed by atoms with Gasteiger partial charge in [-0.25, -0.2) is 4.79 Å². The second-order valence-electron chi connectivity index (χ2n) is 7.63. The normalized spacial score (nSPS) is 14.1. The fourth-order valence-electron chi connectivity index (χ4n) is 2.90. The van der Waals surface area contributed by atoms with Crippen LogP contribution in [0.15, 0.2) is 24.3 Å². The summed E-state index contributed by atoms with van der Waals surface area (Å²) in [4.78, 5) is 60.7. The molecule has 0 aromatic heterocycles. The van der Waals surface area contributed by atoms with Crippen molar-refractivity contribution in [2.24, 2.45) is 11.5 Å². The standard InChI is InChI=1S/C21H31N5O7S2/c1-35-7-6-14(21(32)33)24-20(31)16(10-34)26-19(30)15(9-17(23)28)25-18(29)13(22)8-11-2-4-12(27)5-3-11/h2-5,13-16,27,34H,6-10,22H2,1H3,(H2,23,28)(H,24,31)(H,25,29)(H,26,30)(H,32,33). The Hall–Kier alpha value is -2.97. The minimum Gasteiger partial charge on any atom is -0.508 e. The summed E-state index contributed by atoms with van der Waals surface area (Å²) >= 11 is 5.45. The molecule has 1 aromatic carbocycles. The van der Waals surface area contributed by atoms with Crippen LogP contribution < -0.4 is 27.4 Å². The maximum absolute atomic E-state index is 12.8. The van der Waals surface area contributed by atoms with Crippen LogP contribution in [0.4, 0.5) is 0 Å². The average Bonchev–Trinajstić information content (AvgIpc) is 2.80. The number of aliphatic carboxylic acids is 1. The molecule has 9 N–H and O–H groups in total. The van der Waals surface area contributed by atoms with E-state index in [0.717, 1.165) is 0 Å². The second kappa shape index (κ2) is 15.1. The molecule has 1 aromatic rings. The Labute approximate surface area is 212 Å². The number of nitrogens with two attached hydrogens (primary N) is 2. The molecule has 4 unspecified atom stereocenters. The van der Waals surface area contributed by atoms with Gasteiger partial charge in [0.15, 0.2) is 0 Å². The summed E-state index contributed by atoms with van der Waals surface area (Å²) in [5, 5.41) is 25.7. The van der Waals surface area contributed by atoms with Gasteiger partial charge in [0.05, 0.1) is 12.5 Å². The Morgan fingerprint density at radius 1 is 0.971 bits per heavy atom. The summed E-state index contributed by atoms with van der Waals surface area (Å²) in [6.07, 6.45) is 1.50. The van der Waals surface area contributed by atoms with Gasteiger partial charge in [0, 0.05) is 5.75 Å². The highest BCUT2D eigenvalue weighted by atomic mass is 32.2. The average molecular weight is 530 g/mol. The molecule has 0 aliphatic heterocycles. The number of carbonyl (C=O) groups is 5. The van der Waals surface area contributed by atoms with Gasteiger partial charge in [-0.05, 0) is 42.5 Å². The number of carboxylic acid groups (broad SMARTS) is 1. The molecule has 0 saturated carbocycles. The van der Waals surface area contributed by atoms with Crippen molar-refractivity contribution in [3.8, 4) is 5.75 Å². The van der Waals surface area contributed by atoms with Gasteiger partial charge in [0.25, 0.3) is 0 Å². The topological polar surface area (TPSA) is 214 Å². The molecule has 12 nitrogen and oxygen atoms in total. The van der Waals surface area contributed by atoms with Gasteiger partial charge in [0.1, 0.15) is 23.9 Å². The first kappa shape index (κ1) is 30.1. The highest BCUT2D eigenvalue weighted by molar-refractivity contribution is 7.98. The van der Waals surface area contributed by atoms with Crippen LogP contribution >= 0.6 is 24.4 Å². The fourth-order valence-corrected chi connectivity index (χ4v) is 3.63. The Bertz CT molecular complexity index is 901. The second-order valence-corrected chi connectivity index (χ2v) is 8.98. The zero-order valence-corrected chi connectivity index (χ0v) is 20.8. The molecule has 1 rings (SSSR count). The Balaban J connectivity index is 2.84. The van der Waals surface area contributed by atoms with Gasteiger partial charge in [0.2, 0.25) is 23.6 Å². The van der Waals surface area contributed by atoms with Crippen LogP contribution in [0.5, 0.6) is 5.75 Å². The molecular formula is C21H31N5O7S2. The number of nitrogens with one attached hydrogen (secondary N) is 3. The maximum Gasteiger partial charge on any atom is 0.326 e. The largest absolute Gasteiger partial charge is 0.508 e. The number of benzene rings is 1. The molecule has 4 atom stereocenters. The number of primary amides is 1. The molecule has 0 bridgehead atoms. The van der Waals surface area contributed by atoms with E-state index < -0.39 is 60.2 Å². The number of thioether (sulfide) groups is 1. The lowest BCUT2D eigenvalue weighted by Gasteiger charge is -2.24. The van der Waals surface area contributed by atoms with Crippen molar-refractivity contribution < 1.29 is 34.2 Å². The Morgan fingerprint density at radius 3 is 2.03 bits per heavy atom. The molecule has 0 saturated heterocycles. The van der Waals surface area contributed by atoms with Gasteiger partial charge in [-0.3, -0.25) is 19.2 Å². The SMILES string of the molecule is CSCCC(NC(=O)C(CS)NC(=O)C(CC(N)=O)NC(=O)C(N)Cc1ccc(O)cc1)C(=O)O. The molecule has 4 amide bonds. The van der Waals surface area contributed by atoms with Gasteiger partial charge >= 0.3 is 5.97 Å². The fraction of sp³-hybridized carbons (Fsp3) is 0.476. The van der Waals surface area contributed by atoms with Crippen LogP contribution in [-0.2, 0) is 30.4 Å². The van der Waals surface area contributed by atoms with E-state index in [4.69, 9.17) is 11.5 Å². The smallest absolute Gasteiger partial charge is 0.326 e. The Morgan fingerprint density at radius 2 is 1.51 bits per heavy atom. The van der Waals surface area contributed by atoms with Crippen LogP contribution in [0.1, 0.15) is 18.4 Å². The highest BCUT2D eigenvalue weighted by Gasteiger charge is 2.30. The van der Waals surface area contributed by atoms with E-state index in [2.05, 4.69) is 28.6 Å². The number of aromatic hydroxyl groups is 1. The van der Waals surface area contributed by atoms with Gasteiger partial charge in [-0.1, -0.05) is 12.1 Å². The van der Waals surface area contributed by atoms with E-state index in [1.165, 1.54) is 23.9 Å². The molecule has 0 aliphatic rings. The van der Waals surface area contributed by atoms with Crippen LogP contribution in [0.3, 0.4) is 0 Å². The number of rotatable bonds is 15. The lowest BCUT2D eigenvalue weighted by Crippen LogP contribution is -2.58. The molecule has 0 heterocycles. The van der Waals surface area contributed by atoms with E-state index >= 15 is 0 Å². The number of hydrogen-bond acceptors (Lipinski definition) is 9. The van der Waals surface area contributed by atoms with Crippen LogP contribution in [-0.4, -0.2) is 81.7 Å². The van der Waals surface area contributed by atoms with Crippen molar-refractivity contribution in [2.45, 2.75) is 43.4 Å². The highest BCUT2D eigenvalue weighted by Crippen LogP contribution is 2.11. The molecule has 0 spiro atoms. The third-order valence-electron chi connectivity index (χ3n) is 4.81. The summed E-state index contributed by atoms with van der Waals surface area (Å²) in [5.74, 6) is -4.16. The number of amides is 4. The van der Waals surface area contributed by atoms with Crippen molar-refractivity contribution in [2.75, 3.05) is 17.8 Å². The van der Waals surface area contributed by atoms with Crippen molar-refractivity contribution >= 4 is 54.0 Å². The molecule has 35 heavy (non-hydrogen) atoms. The van der Waals surface area contributed by atoms with Crippen molar-refractivity contribution in [1.29, 1.82) is 0 Å². The summed E-state index contributed by atoms with van der Waals surface area (Å²) in [7, 11) is 0. The minimum absolute atomic E-state index is 0.0478. The zero-order valence-electron chi connectivity index (χ0n) is 19.1. The third-order valence-corrected chi connectivity index (χ3v) is 5.82. The summed E-state index contributed by atoms with van der Waals surface area (Å²) in [6, 6.07) is 1.12. The number of hydrogen-bond donors (Lipinski definition) is 8.